The van der Waals surface area contributed by atoms with E-state index >= 15 is 0 Å². The molecule has 47 heavy (non-hydrogen) atoms. The first-order valence-electron chi connectivity index (χ1n) is 16.8. The Morgan fingerprint density at radius 2 is 1.45 bits per heavy atom. The van der Waals surface area contributed by atoms with Crippen LogP contribution in [0.5, 0.6) is 0 Å². The summed E-state index contributed by atoms with van der Waals surface area (Å²) in [7, 11) is 2.15. The molecule has 1 saturated carbocycles. The number of carbonyl (C=O) groups excluding carboxylic acids is 2. The normalized spacial score (nSPS) is 22.2. The number of nitrogens with zero attached hydrogens (tertiary/aromatic N) is 7. The predicted molar refractivity (Wildman–Crippen MR) is 182 cm³/mol. The van der Waals surface area contributed by atoms with Crippen molar-refractivity contribution in [2.75, 3.05) is 66.7 Å². The Labute approximate surface area is 274 Å². The van der Waals surface area contributed by atoms with Crippen LogP contribution in [0.2, 0.25) is 0 Å². The van der Waals surface area contributed by atoms with E-state index in [0.29, 0.717) is 30.1 Å². The summed E-state index contributed by atoms with van der Waals surface area (Å²) in [5.41, 5.74) is 4.22. The maximum atomic E-state index is 12.9. The van der Waals surface area contributed by atoms with Crippen molar-refractivity contribution in [3.63, 3.8) is 0 Å². The smallest absolute Gasteiger partial charge is 0.323 e. The number of aromatic nitrogens is 4. The number of ether oxygens (including phenoxy) is 1. The molecule has 0 radical (unpaired) electrons. The van der Waals surface area contributed by atoms with Crippen LogP contribution in [0, 0.1) is 0 Å². The van der Waals surface area contributed by atoms with Gasteiger partial charge in [-0.25, -0.2) is 19.4 Å². The number of piperazine rings is 1. The number of urea groups is 1. The Balaban J connectivity index is 1.00. The minimum Gasteiger partial charge on any atom is -0.371 e. The van der Waals surface area contributed by atoms with Gasteiger partial charge in [0, 0.05) is 74.7 Å². The Bertz CT molecular complexity index is 1740. The minimum atomic E-state index is -0.304. The van der Waals surface area contributed by atoms with E-state index in [-0.39, 0.29) is 24.3 Å². The minimum absolute atomic E-state index is 0.134. The Kier molecular flexibility index (Phi) is 7.98. The van der Waals surface area contributed by atoms with Gasteiger partial charge < -0.3 is 30.1 Å². The van der Waals surface area contributed by atoms with Crippen LogP contribution >= 0.6 is 0 Å². The third-order valence-corrected chi connectivity index (χ3v) is 10.0. The fraction of sp³-hybridized carbons (Fsp3) is 0.457. The van der Waals surface area contributed by atoms with Gasteiger partial charge in [-0.05, 0) is 81.3 Å². The molecule has 3 saturated heterocycles. The van der Waals surface area contributed by atoms with Crippen molar-refractivity contribution in [2.24, 2.45) is 0 Å². The number of hydrogen-bond donors (Lipinski definition) is 2. The van der Waals surface area contributed by atoms with Crippen LogP contribution in [0.15, 0.2) is 54.7 Å². The number of anilines is 4. The molecule has 12 heteroatoms. The molecule has 5 heterocycles. The lowest BCUT2D eigenvalue weighted by Gasteiger charge is -2.34. The molecule has 0 spiro atoms. The largest absolute Gasteiger partial charge is 0.371 e. The Hall–Kier alpha value is -4.55. The molecule has 2 aromatic carbocycles. The van der Waals surface area contributed by atoms with Gasteiger partial charge in [0.15, 0.2) is 11.5 Å². The van der Waals surface area contributed by atoms with Crippen LogP contribution in [0.25, 0.3) is 22.4 Å². The van der Waals surface area contributed by atoms with Crippen molar-refractivity contribution >= 4 is 45.7 Å². The zero-order valence-electron chi connectivity index (χ0n) is 26.8. The number of rotatable bonds is 6. The SMILES string of the molecule is CN1CCN(c2ccc(NC(=O)Nc3ccc(-c4nc(N5CC6CCC(C5)O6)c5cnn(C6CCC(=O)CC6)c5n4)cc3)cc2)CC1. The molecule has 2 bridgehead atoms. The molecule has 244 valence electrons. The molecule has 1 aliphatic carbocycles. The van der Waals surface area contributed by atoms with E-state index in [1.54, 1.807) is 0 Å². The third-order valence-electron chi connectivity index (χ3n) is 10.0. The summed E-state index contributed by atoms with van der Waals surface area (Å²) in [6.07, 6.45) is 7.16. The zero-order valence-corrected chi connectivity index (χ0v) is 26.8. The van der Waals surface area contributed by atoms with Crippen molar-refractivity contribution < 1.29 is 14.3 Å². The molecule has 2 unspecified atom stereocenters. The molecule has 8 rings (SSSR count). The van der Waals surface area contributed by atoms with Crippen LogP contribution < -0.4 is 20.4 Å². The standard InChI is InChI=1S/C35H41N9O3/c1-41-16-18-42(19-17-41)26-8-6-25(7-9-26)38-35(46)37-24-4-2-23(3-5-24)32-39-33(43-21-29-14-15-30(22-43)47-29)31-20-36-44(34(31)40-32)27-10-12-28(45)13-11-27/h2-9,20,27,29-30H,10-19,21-22H2,1H3,(H2,37,38,46). The number of hydrogen-bond acceptors (Lipinski definition) is 9. The second-order valence-electron chi connectivity index (χ2n) is 13.3. The molecular weight excluding hydrogens is 594 g/mol. The first-order chi connectivity index (χ1) is 22.9. The number of benzene rings is 2. The third kappa shape index (κ3) is 6.27. The van der Waals surface area contributed by atoms with Crippen LogP contribution in [0.4, 0.5) is 27.7 Å². The van der Waals surface area contributed by atoms with Crippen LogP contribution in [0.3, 0.4) is 0 Å². The maximum absolute atomic E-state index is 12.9. The predicted octanol–water partition coefficient (Wildman–Crippen LogP) is 4.94. The maximum Gasteiger partial charge on any atom is 0.323 e. The second kappa shape index (κ2) is 12.6. The number of Topliss-reactive ketones (excluding diaryl/α,β-unsaturated/α-hetero) is 1. The topological polar surface area (TPSA) is 121 Å². The molecule has 2 N–H and O–H groups in total. The number of nitrogens with one attached hydrogen (secondary N) is 2. The summed E-state index contributed by atoms with van der Waals surface area (Å²) >= 11 is 0. The summed E-state index contributed by atoms with van der Waals surface area (Å²) in [5, 5.41) is 11.6. The number of likely N-dealkylation sites (N-methyl/N-ethyl adjacent to an activating group) is 1. The number of ketones is 1. The van der Waals surface area contributed by atoms with Crippen molar-refractivity contribution in [2.45, 2.75) is 56.8 Å². The van der Waals surface area contributed by atoms with Gasteiger partial charge >= 0.3 is 6.03 Å². The number of carbonyl (C=O) groups is 2. The Morgan fingerprint density at radius 3 is 2.11 bits per heavy atom. The molecule has 3 aliphatic heterocycles. The summed E-state index contributed by atoms with van der Waals surface area (Å²) in [5.74, 6) is 1.80. The number of amides is 2. The van der Waals surface area contributed by atoms with Crippen molar-refractivity contribution in [1.29, 1.82) is 0 Å². The van der Waals surface area contributed by atoms with E-state index < -0.39 is 0 Å². The molecule has 4 fully saturated rings. The molecule has 12 nitrogen and oxygen atoms in total. The fourth-order valence-corrected chi connectivity index (χ4v) is 7.32. The molecule has 4 aromatic rings. The van der Waals surface area contributed by atoms with Crippen LogP contribution in [0.1, 0.15) is 44.6 Å². The lowest BCUT2D eigenvalue weighted by molar-refractivity contribution is -0.120. The van der Waals surface area contributed by atoms with E-state index in [1.807, 2.05) is 47.3 Å². The van der Waals surface area contributed by atoms with Gasteiger partial charge in [-0.15, -0.1) is 0 Å². The van der Waals surface area contributed by atoms with E-state index in [9.17, 15) is 9.59 Å². The van der Waals surface area contributed by atoms with Crippen molar-refractivity contribution in [1.82, 2.24) is 24.6 Å². The Morgan fingerprint density at radius 1 is 0.809 bits per heavy atom. The van der Waals surface area contributed by atoms with E-state index in [0.717, 1.165) is 93.1 Å². The highest BCUT2D eigenvalue weighted by Crippen LogP contribution is 2.36. The molecular formula is C35H41N9O3. The van der Waals surface area contributed by atoms with Crippen molar-refractivity contribution in [3.05, 3.63) is 54.7 Å². The lowest BCUT2D eigenvalue weighted by Crippen LogP contribution is -2.44. The molecule has 2 amide bonds. The van der Waals surface area contributed by atoms with Gasteiger partial charge in [0.2, 0.25) is 0 Å². The molecule has 4 aliphatic rings. The average molecular weight is 636 g/mol. The summed E-state index contributed by atoms with van der Waals surface area (Å²) in [6.45, 7) is 5.68. The van der Waals surface area contributed by atoms with E-state index in [2.05, 4.69) is 44.5 Å². The molecule has 2 aromatic heterocycles. The summed E-state index contributed by atoms with van der Waals surface area (Å²) < 4.78 is 8.12. The van der Waals surface area contributed by atoms with Crippen molar-refractivity contribution in [3.8, 4) is 11.4 Å². The molecule has 2 atom stereocenters. The van der Waals surface area contributed by atoms with Gasteiger partial charge in [-0.3, -0.25) is 4.79 Å². The van der Waals surface area contributed by atoms with Crippen LogP contribution in [-0.4, -0.2) is 95.0 Å². The van der Waals surface area contributed by atoms with E-state index in [1.165, 1.54) is 5.69 Å². The highest BCUT2D eigenvalue weighted by atomic mass is 16.5. The fourth-order valence-electron chi connectivity index (χ4n) is 7.32. The highest BCUT2D eigenvalue weighted by molar-refractivity contribution is 6.00. The first kappa shape index (κ1) is 29.8. The van der Waals surface area contributed by atoms with Gasteiger partial charge in [-0.1, -0.05) is 0 Å². The van der Waals surface area contributed by atoms with Gasteiger partial charge in [0.25, 0.3) is 0 Å². The quantitative estimate of drug-likeness (QED) is 0.304. The average Bonchev–Trinajstić information content (AvgIpc) is 3.67. The summed E-state index contributed by atoms with van der Waals surface area (Å²) in [4.78, 5) is 42.0. The first-order valence-corrected chi connectivity index (χ1v) is 16.8. The van der Waals surface area contributed by atoms with Crippen LogP contribution in [-0.2, 0) is 9.53 Å². The highest BCUT2D eigenvalue weighted by Gasteiger charge is 2.36. The van der Waals surface area contributed by atoms with Gasteiger partial charge in [0.05, 0.1) is 29.8 Å². The number of fused-ring (bicyclic) bond motifs is 3. The van der Waals surface area contributed by atoms with E-state index in [4.69, 9.17) is 19.8 Å². The van der Waals surface area contributed by atoms with Gasteiger partial charge in [-0.2, -0.15) is 5.10 Å². The summed E-state index contributed by atoms with van der Waals surface area (Å²) in [6, 6.07) is 15.5. The lowest BCUT2D eigenvalue weighted by atomic mass is 9.94. The van der Waals surface area contributed by atoms with Gasteiger partial charge in [0.1, 0.15) is 11.6 Å². The zero-order chi connectivity index (χ0) is 31.9. The number of morpholine rings is 1. The monoisotopic (exact) mass is 635 g/mol. The second-order valence-corrected chi connectivity index (χ2v) is 13.3.